The lowest BCUT2D eigenvalue weighted by molar-refractivity contribution is 0.0686. The van der Waals surface area contributed by atoms with Gasteiger partial charge in [-0.2, -0.15) is 5.26 Å². The average molecular weight is 376 g/mol. The van der Waals surface area contributed by atoms with Crippen molar-refractivity contribution in [3.63, 3.8) is 0 Å². The van der Waals surface area contributed by atoms with Gasteiger partial charge in [-0.3, -0.25) is 0 Å². The van der Waals surface area contributed by atoms with E-state index < -0.39 is 11.9 Å². The molecule has 118 valence electrons. The number of carboxylic acid groups (broad SMARTS) is 2. The predicted octanol–water partition coefficient (Wildman–Crippen LogP) is 4.02. The lowest BCUT2D eigenvalue weighted by atomic mass is 10.1. The van der Waals surface area contributed by atoms with Crippen LogP contribution in [0, 0.1) is 25.2 Å². The van der Waals surface area contributed by atoms with E-state index in [-0.39, 0.29) is 5.56 Å². The van der Waals surface area contributed by atoms with Gasteiger partial charge in [0.25, 0.3) is 0 Å². The van der Waals surface area contributed by atoms with Gasteiger partial charge < -0.3 is 10.2 Å². The van der Waals surface area contributed by atoms with E-state index in [0.717, 1.165) is 10.0 Å². The van der Waals surface area contributed by atoms with Crippen LogP contribution in [-0.4, -0.2) is 22.2 Å². The molecule has 2 rings (SSSR count). The van der Waals surface area contributed by atoms with Crippen molar-refractivity contribution >= 4 is 27.9 Å². The first-order chi connectivity index (χ1) is 10.8. The molecule has 0 unspecified atom stereocenters. The summed E-state index contributed by atoms with van der Waals surface area (Å²) in [6.07, 6.45) is 0. The second-order valence-corrected chi connectivity index (χ2v) is 5.57. The number of rotatable bonds is 2. The number of hydrogen-bond acceptors (Lipinski definition) is 3. The van der Waals surface area contributed by atoms with E-state index in [9.17, 15) is 9.59 Å². The number of benzene rings is 2. The summed E-state index contributed by atoms with van der Waals surface area (Å²) in [7, 11) is 0. The number of carbonyl (C=O) groups is 2. The van der Waals surface area contributed by atoms with Crippen LogP contribution in [0.15, 0.2) is 40.9 Å². The predicted molar refractivity (Wildman–Crippen MR) is 88.7 cm³/mol. The highest BCUT2D eigenvalue weighted by Crippen LogP contribution is 2.16. The van der Waals surface area contributed by atoms with Crippen molar-refractivity contribution in [1.82, 2.24) is 0 Å². The Hall–Kier alpha value is -2.65. The molecule has 23 heavy (non-hydrogen) atoms. The number of nitriles is 1. The van der Waals surface area contributed by atoms with Gasteiger partial charge in [-0.1, -0.05) is 15.9 Å². The molecule has 0 aliphatic heterocycles. The van der Waals surface area contributed by atoms with Crippen LogP contribution in [0.25, 0.3) is 0 Å². The second-order valence-electron chi connectivity index (χ2n) is 4.72. The number of halogens is 1. The quantitative estimate of drug-likeness (QED) is 0.825. The Kier molecular flexibility index (Phi) is 6.49. The number of hydrogen-bond donors (Lipinski definition) is 2. The van der Waals surface area contributed by atoms with Gasteiger partial charge in [0.15, 0.2) is 0 Å². The molecule has 0 saturated heterocycles. The van der Waals surface area contributed by atoms with Crippen molar-refractivity contribution in [2.24, 2.45) is 0 Å². The van der Waals surface area contributed by atoms with Crippen LogP contribution in [0.5, 0.6) is 0 Å². The molecule has 0 aliphatic rings. The highest BCUT2D eigenvalue weighted by molar-refractivity contribution is 9.10. The molecule has 0 heterocycles. The van der Waals surface area contributed by atoms with Crippen LogP contribution in [0.3, 0.4) is 0 Å². The molecule has 6 heteroatoms. The molecule has 0 radical (unpaired) electrons. The zero-order valence-corrected chi connectivity index (χ0v) is 14.1. The van der Waals surface area contributed by atoms with Gasteiger partial charge in [0, 0.05) is 4.47 Å². The van der Waals surface area contributed by atoms with E-state index in [1.54, 1.807) is 25.1 Å². The second kappa shape index (κ2) is 8.11. The molecule has 2 aromatic carbocycles. The molecule has 0 aliphatic carbocycles. The number of aromatic carboxylic acids is 2. The van der Waals surface area contributed by atoms with Crippen molar-refractivity contribution in [1.29, 1.82) is 5.26 Å². The van der Waals surface area contributed by atoms with Gasteiger partial charge in [0.2, 0.25) is 0 Å². The summed E-state index contributed by atoms with van der Waals surface area (Å²) >= 11 is 3.29. The molecule has 2 N–H and O–H groups in total. The number of nitrogens with zero attached hydrogens (tertiary/aromatic N) is 1. The van der Waals surface area contributed by atoms with Crippen molar-refractivity contribution in [2.75, 3.05) is 0 Å². The molecule has 0 aromatic heterocycles. The summed E-state index contributed by atoms with van der Waals surface area (Å²) in [5.74, 6) is -1.86. The van der Waals surface area contributed by atoms with Gasteiger partial charge in [-0.25, -0.2) is 9.59 Å². The zero-order chi connectivity index (χ0) is 17.6. The molecule has 0 bridgehead atoms. The highest BCUT2D eigenvalue weighted by Gasteiger charge is 2.04. The third-order valence-corrected chi connectivity index (χ3v) is 3.89. The van der Waals surface area contributed by atoms with Gasteiger partial charge >= 0.3 is 11.9 Å². The summed E-state index contributed by atoms with van der Waals surface area (Å²) in [6.45, 7) is 3.57. The van der Waals surface area contributed by atoms with E-state index in [1.807, 2.05) is 13.0 Å². The van der Waals surface area contributed by atoms with E-state index in [1.165, 1.54) is 18.2 Å². The maximum absolute atomic E-state index is 10.5. The standard InChI is InChI=1S/C9H7NO2.C8H7BrO2/c1-6-4-7(9(11)12)2-3-8(6)5-10;1-5-4-6(8(10)11)2-3-7(5)9/h2-4H,1H3,(H,11,12);2-4H,1H3,(H,10,11). The molecule has 2 aromatic rings. The van der Waals surface area contributed by atoms with Crippen LogP contribution < -0.4 is 0 Å². The van der Waals surface area contributed by atoms with Gasteiger partial charge in [-0.05, 0) is 61.4 Å². The van der Waals surface area contributed by atoms with Gasteiger partial charge in [0.05, 0.1) is 22.8 Å². The fraction of sp³-hybridized carbons (Fsp3) is 0.118. The molecule has 5 nitrogen and oxygen atoms in total. The molecule has 0 amide bonds. The van der Waals surface area contributed by atoms with Crippen molar-refractivity contribution in [3.8, 4) is 6.07 Å². The fourth-order valence-corrected chi connectivity index (χ4v) is 1.95. The topological polar surface area (TPSA) is 98.4 Å². The van der Waals surface area contributed by atoms with E-state index in [2.05, 4.69) is 15.9 Å². The Morgan fingerprint density at radius 1 is 0.957 bits per heavy atom. The van der Waals surface area contributed by atoms with Crippen LogP contribution >= 0.6 is 15.9 Å². The first kappa shape index (κ1) is 18.4. The average Bonchev–Trinajstić information content (AvgIpc) is 2.50. The minimum absolute atomic E-state index is 0.214. The first-order valence-electron chi connectivity index (χ1n) is 6.49. The smallest absolute Gasteiger partial charge is 0.335 e. The van der Waals surface area contributed by atoms with Crippen molar-refractivity contribution in [2.45, 2.75) is 13.8 Å². The lowest BCUT2D eigenvalue weighted by Gasteiger charge is -1.98. The van der Waals surface area contributed by atoms with Gasteiger partial charge in [-0.15, -0.1) is 0 Å². The Morgan fingerprint density at radius 3 is 1.83 bits per heavy atom. The van der Waals surface area contributed by atoms with Gasteiger partial charge in [0.1, 0.15) is 0 Å². The van der Waals surface area contributed by atoms with E-state index in [0.29, 0.717) is 16.7 Å². The zero-order valence-electron chi connectivity index (χ0n) is 12.5. The molecule has 0 spiro atoms. The summed E-state index contributed by atoms with van der Waals surface area (Å²) in [5.41, 5.74) is 2.68. The third-order valence-electron chi connectivity index (χ3n) is 3.00. The maximum Gasteiger partial charge on any atom is 0.335 e. The first-order valence-corrected chi connectivity index (χ1v) is 7.29. The van der Waals surface area contributed by atoms with Crippen LogP contribution in [-0.2, 0) is 0 Å². The Morgan fingerprint density at radius 2 is 1.43 bits per heavy atom. The largest absolute Gasteiger partial charge is 0.478 e. The Labute approximate surface area is 141 Å². The van der Waals surface area contributed by atoms with E-state index in [4.69, 9.17) is 15.5 Å². The van der Waals surface area contributed by atoms with Crippen molar-refractivity contribution < 1.29 is 19.8 Å². The minimum atomic E-state index is -0.970. The normalized spacial score (nSPS) is 9.30. The van der Waals surface area contributed by atoms with Crippen molar-refractivity contribution in [3.05, 3.63) is 68.7 Å². The number of carboxylic acids is 2. The molecule has 0 fully saturated rings. The minimum Gasteiger partial charge on any atom is -0.478 e. The maximum atomic E-state index is 10.5. The summed E-state index contributed by atoms with van der Waals surface area (Å²) < 4.78 is 0.933. The summed E-state index contributed by atoms with van der Waals surface area (Å²) in [5, 5.41) is 25.7. The van der Waals surface area contributed by atoms with Crippen LogP contribution in [0.4, 0.5) is 0 Å². The summed E-state index contributed by atoms with van der Waals surface area (Å²) in [4.78, 5) is 20.9. The SMILES string of the molecule is Cc1cc(C(=O)O)ccc1Br.Cc1cc(C(=O)O)ccc1C#N. The molecule has 0 saturated carbocycles. The Bertz CT molecular complexity index is 794. The Balaban J connectivity index is 0.000000231. The van der Waals surface area contributed by atoms with Crippen LogP contribution in [0.1, 0.15) is 37.4 Å². The molecular weight excluding hydrogens is 362 g/mol. The highest BCUT2D eigenvalue weighted by atomic mass is 79.9. The monoisotopic (exact) mass is 375 g/mol. The fourth-order valence-electron chi connectivity index (χ4n) is 1.70. The third kappa shape index (κ3) is 5.24. The van der Waals surface area contributed by atoms with Crippen LogP contribution in [0.2, 0.25) is 0 Å². The molecule has 0 atom stereocenters. The number of aryl methyl sites for hydroxylation is 2. The van der Waals surface area contributed by atoms with E-state index >= 15 is 0 Å². The lowest BCUT2D eigenvalue weighted by Crippen LogP contribution is -1.97. The molecular formula is C17H14BrNO4. The summed E-state index contributed by atoms with van der Waals surface area (Å²) in [6, 6.07) is 11.3.